The number of hydrogen-bond acceptors (Lipinski definition) is 2. The lowest BCUT2D eigenvalue weighted by molar-refractivity contribution is 0.291. The standard InChI is InChI=1S/C16H22N2/c1-2-14-7-11(8-15(17-14)12-3-4-12)10-18-6-5-13-9-16(13)18/h7-8,12-13,16H,2-6,9-10H2,1H3. The van der Waals surface area contributed by atoms with Crippen LogP contribution in [0.4, 0.5) is 0 Å². The number of fused-ring (bicyclic) bond motifs is 1. The molecule has 3 aliphatic rings. The summed E-state index contributed by atoms with van der Waals surface area (Å²) in [5.74, 6) is 1.82. The van der Waals surface area contributed by atoms with Gasteiger partial charge in [-0.05, 0) is 62.3 Å². The monoisotopic (exact) mass is 242 g/mol. The fourth-order valence-electron chi connectivity index (χ4n) is 3.45. The van der Waals surface area contributed by atoms with E-state index in [1.54, 1.807) is 0 Å². The molecular formula is C16H22N2. The number of pyridine rings is 1. The molecule has 3 fully saturated rings. The molecule has 0 bridgehead atoms. The van der Waals surface area contributed by atoms with E-state index in [9.17, 15) is 0 Å². The lowest BCUT2D eigenvalue weighted by Gasteiger charge is -2.18. The highest BCUT2D eigenvalue weighted by molar-refractivity contribution is 5.26. The Balaban J connectivity index is 1.56. The topological polar surface area (TPSA) is 16.1 Å². The predicted octanol–water partition coefficient (Wildman–Crippen LogP) is 3.12. The molecular weight excluding hydrogens is 220 g/mol. The molecule has 1 aromatic rings. The van der Waals surface area contributed by atoms with E-state index in [0.29, 0.717) is 0 Å². The summed E-state index contributed by atoms with van der Waals surface area (Å²) >= 11 is 0. The Morgan fingerprint density at radius 1 is 1.28 bits per heavy atom. The Morgan fingerprint density at radius 2 is 2.17 bits per heavy atom. The number of likely N-dealkylation sites (tertiary alicyclic amines) is 1. The van der Waals surface area contributed by atoms with E-state index in [1.807, 2.05) is 0 Å². The first kappa shape index (κ1) is 11.0. The van der Waals surface area contributed by atoms with Crippen molar-refractivity contribution < 1.29 is 0 Å². The van der Waals surface area contributed by atoms with Gasteiger partial charge in [-0.3, -0.25) is 9.88 Å². The molecule has 4 rings (SSSR count). The van der Waals surface area contributed by atoms with E-state index >= 15 is 0 Å². The maximum absolute atomic E-state index is 4.80. The summed E-state index contributed by atoms with van der Waals surface area (Å²) in [5.41, 5.74) is 4.17. The Morgan fingerprint density at radius 3 is 2.78 bits per heavy atom. The zero-order chi connectivity index (χ0) is 12.1. The van der Waals surface area contributed by atoms with Gasteiger partial charge in [-0.1, -0.05) is 6.92 Å². The molecule has 2 nitrogen and oxygen atoms in total. The van der Waals surface area contributed by atoms with Crippen LogP contribution < -0.4 is 0 Å². The van der Waals surface area contributed by atoms with Crippen molar-refractivity contribution in [3.63, 3.8) is 0 Å². The predicted molar refractivity (Wildman–Crippen MR) is 72.5 cm³/mol. The lowest BCUT2D eigenvalue weighted by atomic mass is 10.1. The van der Waals surface area contributed by atoms with Crippen molar-refractivity contribution >= 4 is 0 Å². The zero-order valence-corrected chi connectivity index (χ0v) is 11.2. The van der Waals surface area contributed by atoms with Crippen LogP contribution in [0.1, 0.15) is 55.5 Å². The first-order valence-electron chi connectivity index (χ1n) is 7.57. The first-order chi connectivity index (χ1) is 8.83. The maximum atomic E-state index is 4.80. The summed E-state index contributed by atoms with van der Waals surface area (Å²) in [7, 11) is 0. The Hall–Kier alpha value is -0.890. The summed E-state index contributed by atoms with van der Waals surface area (Å²) in [5, 5.41) is 0. The largest absolute Gasteiger partial charge is 0.296 e. The first-order valence-corrected chi connectivity index (χ1v) is 7.57. The van der Waals surface area contributed by atoms with Crippen LogP contribution in [0.15, 0.2) is 12.1 Å². The second-order valence-corrected chi connectivity index (χ2v) is 6.34. The minimum atomic E-state index is 0.780. The van der Waals surface area contributed by atoms with Crippen LogP contribution in [0.2, 0.25) is 0 Å². The average molecular weight is 242 g/mol. The number of hydrogen-bond donors (Lipinski definition) is 0. The smallest absolute Gasteiger partial charge is 0.0441 e. The van der Waals surface area contributed by atoms with Gasteiger partial charge in [0.05, 0.1) is 0 Å². The van der Waals surface area contributed by atoms with Crippen molar-refractivity contribution in [2.24, 2.45) is 5.92 Å². The zero-order valence-electron chi connectivity index (χ0n) is 11.2. The van der Waals surface area contributed by atoms with Crippen molar-refractivity contribution in [1.82, 2.24) is 9.88 Å². The van der Waals surface area contributed by atoms with Crippen molar-refractivity contribution in [1.29, 1.82) is 0 Å². The van der Waals surface area contributed by atoms with Gasteiger partial charge in [-0.2, -0.15) is 0 Å². The molecule has 1 aromatic heterocycles. The molecule has 2 heteroatoms. The van der Waals surface area contributed by atoms with Crippen molar-refractivity contribution in [2.45, 2.75) is 57.5 Å². The number of aromatic nitrogens is 1. The minimum Gasteiger partial charge on any atom is -0.296 e. The SMILES string of the molecule is CCc1cc(CN2CCC3CC32)cc(C2CC2)n1. The van der Waals surface area contributed by atoms with Crippen molar-refractivity contribution in [3.8, 4) is 0 Å². The van der Waals surface area contributed by atoms with E-state index in [1.165, 1.54) is 49.2 Å². The summed E-state index contributed by atoms with van der Waals surface area (Å²) in [6.45, 7) is 4.70. The molecule has 2 atom stereocenters. The second-order valence-electron chi connectivity index (χ2n) is 6.34. The molecule has 1 saturated heterocycles. The third kappa shape index (κ3) is 1.97. The van der Waals surface area contributed by atoms with E-state index in [4.69, 9.17) is 4.98 Å². The normalized spacial score (nSPS) is 30.5. The van der Waals surface area contributed by atoms with E-state index in [0.717, 1.165) is 30.8 Å². The van der Waals surface area contributed by atoms with Crippen LogP contribution in [-0.4, -0.2) is 22.5 Å². The highest BCUT2D eigenvalue weighted by atomic mass is 15.2. The minimum absolute atomic E-state index is 0.780. The van der Waals surface area contributed by atoms with Crippen LogP contribution in [0.5, 0.6) is 0 Å². The quantitative estimate of drug-likeness (QED) is 0.806. The Bertz CT molecular complexity index is 464. The number of piperidine rings is 1. The fraction of sp³-hybridized carbons (Fsp3) is 0.688. The van der Waals surface area contributed by atoms with E-state index < -0.39 is 0 Å². The van der Waals surface area contributed by atoms with Gasteiger partial charge in [0.15, 0.2) is 0 Å². The molecule has 1 aliphatic heterocycles. The van der Waals surface area contributed by atoms with Crippen LogP contribution in [0.25, 0.3) is 0 Å². The fourth-order valence-corrected chi connectivity index (χ4v) is 3.45. The molecule has 0 amide bonds. The van der Waals surface area contributed by atoms with E-state index in [2.05, 4.69) is 24.0 Å². The maximum Gasteiger partial charge on any atom is 0.0441 e. The lowest BCUT2D eigenvalue weighted by Crippen LogP contribution is -2.22. The molecule has 0 radical (unpaired) electrons. The van der Waals surface area contributed by atoms with Gasteiger partial charge in [0.1, 0.15) is 0 Å². The Kier molecular flexibility index (Phi) is 2.47. The summed E-state index contributed by atoms with van der Waals surface area (Å²) in [6.07, 6.45) is 6.68. The summed E-state index contributed by atoms with van der Waals surface area (Å²) in [6, 6.07) is 5.64. The highest BCUT2D eigenvalue weighted by Crippen LogP contribution is 2.45. The van der Waals surface area contributed by atoms with Gasteiger partial charge in [0.25, 0.3) is 0 Å². The third-order valence-corrected chi connectivity index (χ3v) is 4.84. The molecule has 96 valence electrons. The van der Waals surface area contributed by atoms with E-state index in [-0.39, 0.29) is 0 Å². The van der Waals surface area contributed by atoms with Gasteiger partial charge in [0, 0.05) is 29.9 Å². The molecule has 2 unspecified atom stereocenters. The third-order valence-electron chi connectivity index (χ3n) is 4.84. The van der Waals surface area contributed by atoms with Gasteiger partial charge in [-0.25, -0.2) is 0 Å². The summed E-state index contributed by atoms with van der Waals surface area (Å²) < 4.78 is 0. The molecule has 18 heavy (non-hydrogen) atoms. The number of nitrogens with zero attached hydrogens (tertiary/aromatic N) is 2. The molecule has 2 aliphatic carbocycles. The van der Waals surface area contributed by atoms with Gasteiger partial charge >= 0.3 is 0 Å². The summed E-state index contributed by atoms with van der Waals surface area (Å²) in [4.78, 5) is 7.49. The van der Waals surface area contributed by atoms with Gasteiger partial charge in [-0.15, -0.1) is 0 Å². The van der Waals surface area contributed by atoms with Crippen LogP contribution >= 0.6 is 0 Å². The molecule has 0 N–H and O–H groups in total. The van der Waals surface area contributed by atoms with Crippen LogP contribution in [0, 0.1) is 5.92 Å². The average Bonchev–Trinajstić information content (AvgIpc) is 3.29. The molecule has 2 saturated carbocycles. The number of rotatable bonds is 4. The van der Waals surface area contributed by atoms with Gasteiger partial charge in [0.2, 0.25) is 0 Å². The molecule has 2 heterocycles. The van der Waals surface area contributed by atoms with Gasteiger partial charge < -0.3 is 0 Å². The highest BCUT2D eigenvalue weighted by Gasteiger charge is 2.46. The number of aryl methyl sites for hydroxylation is 1. The van der Waals surface area contributed by atoms with Crippen molar-refractivity contribution in [3.05, 3.63) is 29.1 Å². The van der Waals surface area contributed by atoms with Crippen LogP contribution in [0.3, 0.4) is 0 Å². The molecule has 0 aromatic carbocycles. The Labute approximate surface area is 109 Å². The van der Waals surface area contributed by atoms with Crippen molar-refractivity contribution in [2.75, 3.05) is 6.54 Å². The van der Waals surface area contributed by atoms with Crippen LogP contribution in [-0.2, 0) is 13.0 Å². The second kappa shape index (κ2) is 4.06. The molecule has 0 spiro atoms.